The summed E-state index contributed by atoms with van der Waals surface area (Å²) in [6.45, 7) is 8.31. The highest BCUT2D eigenvalue weighted by molar-refractivity contribution is 6.00. The van der Waals surface area contributed by atoms with Crippen LogP contribution < -0.4 is 4.90 Å². The number of carbonyl (C=O) groups is 3. The van der Waals surface area contributed by atoms with Gasteiger partial charge in [-0.1, -0.05) is 12.1 Å². The number of piperazine rings is 1. The maximum Gasteiger partial charge on any atom is 0.410 e. The van der Waals surface area contributed by atoms with E-state index in [0.717, 1.165) is 24.3 Å². The normalized spacial score (nSPS) is 21.1. The molecule has 7 nitrogen and oxygen atoms in total. The molecule has 0 saturated carbocycles. The van der Waals surface area contributed by atoms with Crippen molar-refractivity contribution in [3.63, 3.8) is 0 Å². The number of hydrogen-bond acceptors (Lipinski definition) is 5. The Bertz CT molecular complexity index is 746. The fourth-order valence-electron chi connectivity index (χ4n) is 3.62. The van der Waals surface area contributed by atoms with Gasteiger partial charge in [-0.25, -0.2) is 4.79 Å². The maximum absolute atomic E-state index is 12.4. The zero-order valence-electron chi connectivity index (χ0n) is 17.1. The highest BCUT2D eigenvalue weighted by Crippen LogP contribution is 2.29. The van der Waals surface area contributed by atoms with Gasteiger partial charge in [0.05, 0.1) is 5.92 Å². The van der Waals surface area contributed by atoms with Crippen LogP contribution in [-0.4, -0.2) is 66.5 Å². The first-order valence-corrected chi connectivity index (χ1v) is 9.79. The van der Waals surface area contributed by atoms with Crippen LogP contribution in [0.1, 0.15) is 45.1 Å². The molecule has 2 fully saturated rings. The van der Waals surface area contributed by atoms with E-state index in [0.29, 0.717) is 25.9 Å². The molecule has 2 aliphatic rings. The van der Waals surface area contributed by atoms with Crippen LogP contribution in [0.5, 0.6) is 0 Å². The maximum atomic E-state index is 12.4. The SMILES string of the molecule is CN1C(=O)CCC(c2ccc(N3CCN(C(=O)OC(C)(C)C)CC3)cc2)C1=O. The summed E-state index contributed by atoms with van der Waals surface area (Å²) in [5, 5.41) is 0. The van der Waals surface area contributed by atoms with Gasteiger partial charge in [-0.2, -0.15) is 0 Å². The van der Waals surface area contributed by atoms with E-state index in [-0.39, 0.29) is 23.8 Å². The largest absolute Gasteiger partial charge is 0.444 e. The molecule has 0 aliphatic carbocycles. The first-order chi connectivity index (χ1) is 13.2. The van der Waals surface area contributed by atoms with Crippen molar-refractivity contribution in [3.8, 4) is 0 Å². The Kier molecular flexibility index (Phi) is 5.63. The number of carbonyl (C=O) groups excluding carboxylic acids is 3. The molecule has 1 atom stereocenters. The number of piperidine rings is 1. The molecule has 3 amide bonds. The molecule has 0 N–H and O–H groups in total. The van der Waals surface area contributed by atoms with E-state index in [2.05, 4.69) is 4.90 Å². The number of anilines is 1. The van der Waals surface area contributed by atoms with Crippen LogP contribution in [0.2, 0.25) is 0 Å². The van der Waals surface area contributed by atoms with Crippen LogP contribution in [0.3, 0.4) is 0 Å². The van der Waals surface area contributed by atoms with Crippen LogP contribution >= 0.6 is 0 Å². The average molecular weight is 387 g/mol. The summed E-state index contributed by atoms with van der Waals surface area (Å²) in [5.74, 6) is -0.489. The van der Waals surface area contributed by atoms with Gasteiger partial charge in [0.2, 0.25) is 11.8 Å². The average Bonchev–Trinajstić information content (AvgIpc) is 2.65. The van der Waals surface area contributed by atoms with Crippen molar-refractivity contribution in [2.24, 2.45) is 0 Å². The number of ether oxygens (including phenoxy) is 1. The summed E-state index contributed by atoms with van der Waals surface area (Å²) in [4.78, 5) is 41.4. The van der Waals surface area contributed by atoms with Crippen LogP contribution in [0.4, 0.5) is 10.5 Å². The van der Waals surface area contributed by atoms with Crippen LogP contribution in [0.15, 0.2) is 24.3 Å². The molecule has 0 radical (unpaired) electrons. The van der Waals surface area contributed by atoms with Gasteiger partial charge in [0, 0.05) is 45.3 Å². The van der Waals surface area contributed by atoms with Gasteiger partial charge >= 0.3 is 6.09 Å². The summed E-state index contributed by atoms with van der Waals surface area (Å²) in [6, 6.07) is 7.98. The predicted octanol–water partition coefficient (Wildman–Crippen LogP) is 2.61. The second-order valence-corrected chi connectivity index (χ2v) is 8.43. The number of imide groups is 1. The lowest BCUT2D eigenvalue weighted by atomic mass is 9.89. The Morgan fingerprint density at radius 1 is 1.04 bits per heavy atom. The molecule has 1 aromatic carbocycles. The Balaban J connectivity index is 1.59. The smallest absolute Gasteiger partial charge is 0.410 e. The second kappa shape index (κ2) is 7.81. The van der Waals surface area contributed by atoms with Crippen molar-refractivity contribution >= 4 is 23.6 Å². The molecule has 2 saturated heterocycles. The lowest BCUT2D eigenvalue weighted by Gasteiger charge is -2.37. The lowest BCUT2D eigenvalue weighted by Crippen LogP contribution is -2.50. The highest BCUT2D eigenvalue weighted by atomic mass is 16.6. The zero-order chi connectivity index (χ0) is 20.5. The minimum Gasteiger partial charge on any atom is -0.444 e. The molecule has 1 aromatic rings. The molecule has 0 bridgehead atoms. The quantitative estimate of drug-likeness (QED) is 0.730. The van der Waals surface area contributed by atoms with E-state index in [4.69, 9.17) is 4.74 Å². The third-order valence-electron chi connectivity index (χ3n) is 5.24. The molecular weight excluding hydrogens is 358 g/mol. The standard InChI is InChI=1S/C21H29N3O4/c1-21(2,3)28-20(27)24-13-11-23(12-14-24)16-7-5-15(6-8-16)17-9-10-18(25)22(4)19(17)26/h5-8,17H,9-14H2,1-4H3. The Hall–Kier alpha value is -2.57. The van der Waals surface area contributed by atoms with Crippen molar-refractivity contribution in [2.45, 2.75) is 45.1 Å². The molecule has 152 valence electrons. The van der Waals surface area contributed by atoms with Crippen molar-refractivity contribution in [2.75, 3.05) is 38.1 Å². The van der Waals surface area contributed by atoms with Gasteiger partial charge < -0.3 is 14.5 Å². The molecular formula is C21H29N3O4. The summed E-state index contributed by atoms with van der Waals surface area (Å²) in [6.07, 6.45) is 0.703. The third-order valence-corrected chi connectivity index (χ3v) is 5.24. The van der Waals surface area contributed by atoms with Crippen molar-refractivity contribution in [3.05, 3.63) is 29.8 Å². The topological polar surface area (TPSA) is 70.2 Å². The van der Waals surface area contributed by atoms with Gasteiger partial charge in [-0.15, -0.1) is 0 Å². The summed E-state index contributed by atoms with van der Waals surface area (Å²) >= 11 is 0. The number of amides is 3. The minimum atomic E-state index is -0.487. The van der Waals surface area contributed by atoms with Gasteiger partial charge in [0.15, 0.2) is 0 Å². The molecule has 2 aliphatic heterocycles. The van der Waals surface area contributed by atoms with Gasteiger partial charge in [0.25, 0.3) is 0 Å². The fraction of sp³-hybridized carbons (Fsp3) is 0.571. The molecule has 2 heterocycles. The molecule has 7 heteroatoms. The Morgan fingerprint density at radius 2 is 1.64 bits per heavy atom. The number of hydrogen-bond donors (Lipinski definition) is 0. The summed E-state index contributed by atoms with van der Waals surface area (Å²) < 4.78 is 5.44. The lowest BCUT2D eigenvalue weighted by molar-refractivity contribution is -0.147. The van der Waals surface area contributed by atoms with Crippen LogP contribution in [-0.2, 0) is 14.3 Å². The molecule has 28 heavy (non-hydrogen) atoms. The zero-order valence-corrected chi connectivity index (χ0v) is 17.1. The second-order valence-electron chi connectivity index (χ2n) is 8.43. The van der Waals surface area contributed by atoms with Crippen molar-refractivity contribution in [1.29, 1.82) is 0 Å². The number of rotatable bonds is 2. The van der Waals surface area contributed by atoms with Gasteiger partial charge in [0.1, 0.15) is 5.60 Å². The minimum absolute atomic E-state index is 0.110. The van der Waals surface area contributed by atoms with E-state index in [9.17, 15) is 14.4 Å². The van der Waals surface area contributed by atoms with E-state index < -0.39 is 5.60 Å². The van der Waals surface area contributed by atoms with Crippen LogP contribution in [0.25, 0.3) is 0 Å². The van der Waals surface area contributed by atoms with E-state index in [1.165, 1.54) is 4.90 Å². The predicted molar refractivity (Wildman–Crippen MR) is 106 cm³/mol. The molecule has 3 rings (SSSR count). The summed E-state index contributed by atoms with van der Waals surface area (Å²) in [5.41, 5.74) is 1.53. The van der Waals surface area contributed by atoms with Gasteiger partial charge in [-0.3, -0.25) is 14.5 Å². The Labute approximate surface area is 166 Å². The van der Waals surface area contributed by atoms with Crippen molar-refractivity contribution in [1.82, 2.24) is 9.80 Å². The first kappa shape index (κ1) is 20.2. The number of likely N-dealkylation sites (N-methyl/N-ethyl adjacent to an activating group) is 1. The molecule has 0 aromatic heterocycles. The van der Waals surface area contributed by atoms with Crippen LogP contribution in [0, 0.1) is 0 Å². The first-order valence-electron chi connectivity index (χ1n) is 9.79. The van der Waals surface area contributed by atoms with E-state index in [1.807, 2.05) is 45.0 Å². The number of likely N-dealkylation sites (tertiary alicyclic amines) is 1. The van der Waals surface area contributed by atoms with E-state index in [1.54, 1.807) is 11.9 Å². The van der Waals surface area contributed by atoms with Gasteiger partial charge in [-0.05, 0) is 44.9 Å². The number of benzene rings is 1. The highest BCUT2D eigenvalue weighted by Gasteiger charge is 2.33. The molecule has 0 spiro atoms. The Morgan fingerprint density at radius 3 is 2.21 bits per heavy atom. The summed E-state index contributed by atoms with van der Waals surface area (Å²) in [7, 11) is 1.55. The number of nitrogens with zero attached hydrogens (tertiary/aromatic N) is 3. The van der Waals surface area contributed by atoms with E-state index >= 15 is 0 Å². The van der Waals surface area contributed by atoms with Crippen molar-refractivity contribution < 1.29 is 19.1 Å². The fourth-order valence-corrected chi connectivity index (χ4v) is 3.62. The molecule has 1 unspecified atom stereocenters. The monoisotopic (exact) mass is 387 g/mol. The third kappa shape index (κ3) is 4.46.